The molecule has 83 heavy (non-hydrogen) atoms. The molecule has 5 atom stereocenters. The standard InChI is InChI=1S/C65H120O16P2/c1-4-7-10-13-16-19-22-25-27-28-29-30-32-35-36-39-42-45-48-51-63(68)75-54-60(66)55-77-82(71,72)78-56-61(67)57-79-83(73,74)80-59-62(81-65(70)53-50-47-44-41-38-33-24-21-18-15-12-9-6-3)58-76-64(69)52-49-46-43-40-37-34-31-26-23-20-17-14-11-8-5-2/h16,19,21,24-25,27,29-30,60-62,66-67H,4-15,17-18,20,22-23,26,28,31-59H2,1-3H3,(H,71,72)(H,73,74)/b19-16-,24-21-,27-25-,30-29-. The van der Waals surface area contributed by atoms with Crippen molar-refractivity contribution < 1.29 is 75.8 Å². The molecular formula is C65H120O16P2. The summed E-state index contributed by atoms with van der Waals surface area (Å²) in [6.07, 6.45) is 57.3. The van der Waals surface area contributed by atoms with E-state index in [9.17, 15) is 43.5 Å². The Morgan fingerprint density at radius 1 is 0.337 bits per heavy atom. The SMILES string of the molecule is CCCCC/C=C\C/C=C\C/C=C\CCCCCCCCC(=O)OCC(O)COP(=O)(O)OCC(O)COP(=O)(O)OCC(COC(=O)CCCCCCCCCCCCCCCCC)OC(=O)CCCCCCC/C=C\CCCCCC. The molecule has 0 aliphatic heterocycles. The molecule has 486 valence electrons. The number of carbonyl (C=O) groups is 3. The molecule has 0 radical (unpaired) electrons. The number of hydrogen-bond acceptors (Lipinski definition) is 14. The van der Waals surface area contributed by atoms with Gasteiger partial charge < -0.3 is 34.2 Å². The zero-order chi connectivity index (χ0) is 61.0. The second kappa shape index (κ2) is 59.8. The summed E-state index contributed by atoms with van der Waals surface area (Å²) in [7, 11) is -9.76. The second-order valence-corrected chi connectivity index (χ2v) is 25.2. The fourth-order valence-electron chi connectivity index (χ4n) is 8.92. The Balaban J connectivity index is 4.62. The maximum Gasteiger partial charge on any atom is 0.472 e. The van der Waals surface area contributed by atoms with Gasteiger partial charge in [-0.2, -0.15) is 0 Å². The first-order valence-electron chi connectivity index (χ1n) is 32.9. The summed E-state index contributed by atoms with van der Waals surface area (Å²) in [5, 5.41) is 20.5. The first kappa shape index (κ1) is 80.5. The Morgan fingerprint density at radius 2 is 0.602 bits per heavy atom. The van der Waals surface area contributed by atoms with Crippen LogP contribution in [0.1, 0.15) is 290 Å². The molecule has 0 rings (SSSR count). The molecule has 0 fully saturated rings. The summed E-state index contributed by atoms with van der Waals surface area (Å²) in [5.74, 6) is -1.58. The molecule has 4 N–H and O–H groups in total. The van der Waals surface area contributed by atoms with Crippen LogP contribution in [0.3, 0.4) is 0 Å². The number of aliphatic hydroxyl groups excluding tert-OH is 2. The lowest BCUT2D eigenvalue weighted by Crippen LogP contribution is -2.30. The van der Waals surface area contributed by atoms with E-state index in [1.54, 1.807) is 0 Å². The van der Waals surface area contributed by atoms with Crippen LogP contribution in [-0.2, 0) is 55.8 Å². The molecule has 5 unspecified atom stereocenters. The lowest BCUT2D eigenvalue weighted by atomic mass is 10.0. The van der Waals surface area contributed by atoms with Crippen LogP contribution in [0.5, 0.6) is 0 Å². The highest BCUT2D eigenvalue weighted by Crippen LogP contribution is 2.45. The maximum absolute atomic E-state index is 12.9. The van der Waals surface area contributed by atoms with E-state index in [2.05, 4.69) is 69.4 Å². The van der Waals surface area contributed by atoms with Gasteiger partial charge in [0.2, 0.25) is 0 Å². The van der Waals surface area contributed by atoms with Crippen molar-refractivity contribution in [3.8, 4) is 0 Å². The minimum Gasteiger partial charge on any atom is -0.463 e. The average Bonchev–Trinajstić information content (AvgIpc) is 3.46. The van der Waals surface area contributed by atoms with E-state index >= 15 is 0 Å². The number of ether oxygens (including phenoxy) is 3. The van der Waals surface area contributed by atoms with Crippen LogP contribution in [0, 0.1) is 0 Å². The summed E-state index contributed by atoms with van der Waals surface area (Å²) in [6.45, 7) is 2.63. The highest BCUT2D eigenvalue weighted by Gasteiger charge is 2.29. The number of hydrogen-bond donors (Lipinski definition) is 4. The number of aliphatic hydroxyl groups is 2. The Hall–Kier alpha value is -2.49. The van der Waals surface area contributed by atoms with Gasteiger partial charge in [-0.3, -0.25) is 32.5 Å². The van der Waals surface area contributed by atoms with Crippen LogP contribution >= 0.6 is 15.6 Å². The molecule has 0 saturated carbocycles. The Bertz CT molecular complexity index is 1720. The Morgan fingerprint density at radius 3 is 1.00 bits per heavy atom. The Kier molecular flexibility index (Phi) is 58.0. The normalized spacial score (nSPS) is 14.6. The summed E-state index contributed by atoms with van der Waals surface area (Å²) in [5.41, 5.74) is 0. The van der Waals surface area contributed by atoms with Crippen LogP contribution in [0.2, 0.25) is 0 Å². The van der Waals surface area contributed by atoms with Crippen LogP contribution in [0.25, 0.3) is 0 Å². The van der Waals surface area contributed by atoms with Gasteiger partial charge in [-0.15, -0.1) is 0 Å². The lowest BCUT2D eigenvalue weighted by Gasteiger charge is -2.21. The monoisotopic (exact) mass is 1220 g/mol. The fourth-order valence-corrected chi connectivity index (χ4v) is 10.5. The molecule has 0 aromatic carbocycles. The van der Waals surface area contributed by atoms with Crippen molar-refractivity contribution in [3.63, 3.8) is 0 Å². The van der Waals surface area contributed by atoms with Crippen molar-refractivity contribution in [3.05, 3.63) is 48.6 Å². The minimum atomic E-state index is -4.91. The summed E-state index contributed by atoms with van der Waals surface area (Å²) >= 11 is 0. The number of esters is 3. The van der Waals surface area contributed by atoms with Crippen LogP contribution in [0.4, 0.5) is 0 Å². The van der Waals surface area contributed by atoms with Crippen LogP contribution < -0.4 is 0 Å². The molecule has 0 aliphatic rings. The van der Waals surface area contributed by atoms with Crippen molar-refractivity contribution in [1.82, 2.24) is 0 Å². The van der Waals surface area contributed by atoms with Crippen molar-refractivity contribution >= 4 is 33.6 Å². The second-order valence-electron chi connectivity index (χ2n) is 22.3. The van der Waals surface area contributed by atoms with Gasteiger partial charge >= 0.3 is 33.6 Å². The molecule has 0 amide bonds. The van der Waals surface area contributed by atoms with Gasteiger partial charge in [-0.1, -0.05) is 236 Å². The van der Waals surface area contributed by atoms with Gasteiger partial charge in [0.05, 0.1) is 26.4 Å². The highest BCUT2D eigenvalue weighted by molar-refractivity contribution is 7.47. The number of unbranched alkanes of at least 4 members (excludes halogenated alkanes) is 32. The van der Waals surface area contributed by atoms with Gasteiger partial charge in [0.15, 0.2) is 6.10 Å². The number of carbonyl (C=O) groups excluding carboxylic acids is 3. The van der Waals surface area contributed by atoms with E-state index in [0.717, 1.165) is 109 Å². The molecule has 0 bridgehead atoms. The molecule has 16 nitrogen and oxygen atoms in total. The number of phosphoric acid groups is 2. The zero-order valence-electron chi connectivity index (χ0n) is 52.4. The molecule has 0 spiro atoms. The van der Waals surface area contributed by atoms with E-state index in [1.807, 2.05) is 0 Å². The molecular weight excluding hydrogens is 1100 g/mol. The third-order valence-corrected chi connectivity index (χ3v) is 15.9. The number of rotatable bonds is 63. The fraction of sp³-hybridized carbons (Fsp3) is 0.831. The number of phosphoric ester groups is 2. The van der Waals surface area contributed by atoms with Crippen molar-refractivity contribution in [1.29, 1.82) is 0 Å². The molecule has 0 saturated heterocycles. The zero-order valence-corrected chi connectivity index (χ0v) is 54.2. The smallest absolute Gasteiger partial charge is 0.463 e. The Labute approximate surface area is 504 Å². The molecule has 18 heteroatoms. The molecule has 0 aromatic rings. The van der Waals surface area contributed by atoms with Crippen molar-refractivity contribution in [2.45, 2.75) is 309 Å². The maximum atomic E-state index is 12.9. The first-order chi connectivity index (χ1) is 40.2. The number of allylic oxidation sites excluding steroid dienone is 8. The van der Waals surface area contributed by atoms with Gasteiger partial charge in [0.25, 0.3) is 0 Å². The molecule has 0 aliphatic carbocycles. The predicted molar refractivity (Wildman–Crippen MR) is 335 cm³/mol. The van der Waals surface area contributed by atoms with E-state index < -0.39 is 91.5 Å². The average molecular weight is 1220 g/mol. The molecule has 0 aromatic heterocycles. The van der Waals surface area contributed by atoms with E-state index in [0.29, 0.717) is 19.3 Å². The third kappa shape index (κ3) is 61.0. The third-order valence-electron chi connectivity index (χ3n) is 14.0. The van der Waals surface area contributed by atoms with Crippen LogP contribution in [0.15, 0.2) is 48.6 Å². The van der Waals surface area contributed by atoms with Crippen molar-refractivity contribution in [2.24, 2.45) is 0 Å². The summed E-state index contributed by atoms with van der Waals surface area (Å²) < 4.78 is 60.8. The van der Waals surface area contributed by atoms with Crippen LogP contribution in [-0.4, -0.2) is 95.9 Å². The molecule has 0 heterocycles. The predicted octanol–water partition coefficient (Wildman–Crippen LogP) is 17.6. The largest absolute Gasteiger partial charge is 0.472 e. The quantitative estimate of drug-likeness (QED) is 0.0146. The van der Waals surface area contributed by atoms with E-state index in [1.165, 1.54) is 122 Å². The van der Waals surface area contributed by atoms with Gasteiger partial charge in [-0.25, -0.2) is 9.13 Å². The van der Waals surface area contributed by atoms with E-state index in [4.69, 9.17) is 32.3 Å². The minimum absolute atomic E-state index is 0.0993. The lowest BCUT2D eigenvalue weighted by molar-refractivity contribution is -0.161. The highest BCUT2D eigenvalue weighted by atomic mass is 31.2. The van der Waals surface area contributed by atoms with Gasteiger partial charge in [0, 0.05) is 19.3 Å². The summed E-state index contributed by atoms with van der Waals surface area (Å²) in [6, 6.07) is 0. The van der Waals surface area contributed by atoms with Gasteiger partial charge in [-0.05, 0) is 83.5 Å². The van der Waals surface area contributed by atoms with Gasteiger partial charge in [0.1, 0.15) is 25.4 Å². The van der Waals surface area contributed by atoms with E-state index in [-0.39, 0.29) is 19.3 Å². The summed E-state index contributed by atoms with van der Waals surface area (Å²) in [4.78, 5) is 58.2. The first-order valence-corrected chi connectivity index (χ1v) is 35.9. The van der Waals surface area contributed by atoms with Crippen molar-refractivity contribution in [2.75, 3.05) is 39.6 Å². The topological polar surface area (TPSA) is 231 Å².